The van der Waals surface area contributed by atoms with Gasteiger partial charge in [0, 0.05) is 18.0 Å². The molecule has 0 fully saturated rings. The van der Waals surface area contributed by atoms with Gasteiger partial charge in [0.05, 0.1) is 18.1 Å². The van der Waals surface area contributed by atoms with E-state index in [1.54, 1.807) is 17.7 Å². The number of aromatic nitrogens is 2. The first kappa shape index (κ1) is 15.3. The van der Waals surface area contributed by atoms with Gasteiger partial charge in [0.2, 0.25) is 0 Å². The van der Waals surface area contributed by atoms with Gasteiger partial charge < -0.3 is 15.4 Å². The second-order valence-corrected chi connectivity index (χ2v) is 7.61. The molecule has 6 heteroatoms. The van der Waals surface area contributed by atoms with Crippen molar-refractivity contribution in [2.24, 2.45) is 0 Å². The van der Waals surface area contributed by atoms with Crippen molar-refractivity contribution in [2.75, 3.05) is 25.0 Å². The Hall–Kier alpha value is -2.02. The van der Waals surface area contributed by atoms with Crippen molar-refractivity contribution < 1.29 is 4.74 Å². The Labute approximate surface area is 150 Å². The van der Waals surface area contributed by atoms with Gasteiger partial charge in [-0.25, -0.2) is 9.97 Å². The molecule has 1 aromatic carbocycles. The van der Waals surface area contributed by atoms with Crippen LogP contribution in [0.2, 0.25) is 0 Å². The molecular formula is C19H20N4OS. The quantitative estimate of drug-likeness (QED) is 0.759. The second kappa shape index (κ2) is 6.37. The van der Waals surface area contributed by atoms with E-state index in [2.05, 4.69) is 44.9 Å². The maximum Gasteiger partial charge on any atom is 0.138 e. The van der Waals surface area contributed by atoms with Crippen LogP contribution in [0.1, 0.15) is 27.7 Å². The van der Waals surface area contributed by atoms with Gasteiger partial charge in [0.25, 0.3) is 0 Å². The van der Waals surface area contributed by atoms with Crippen LogP contribution in [0.15, 0.2) is 30.6 Å². The summed E-state index contributed by atoms with van der Waals surface area (Å²) in [5, 5.41) is 8.18. The Bertz CT molecular complexity index is 923. The molecule has 5 nitrogen and oxygen atoms in total. The van der Waals surface area contributed by atoms with Crippen LogP contribution in [0.4, 0.5) is 5.82 Å². The predicted molar refractivity (Wildman–Crippen MR) is 100 cm³/mol. The number of anilines is 1. The van der Waals surface area contributed by atoms with Crippen molar-refractivity contribution in [1.29, 1.82) is 0 Å². The number of ether oxygens (including phenoxy) is 1. The lowest BCUT2D eigenvalue weighted by molar-refractivity contribution is 0.0513. The molecule has 2 N–H and O–H groups in total. The van der Waals surface area contributed by atoms with Crippen LogP contribution >= 0.6 is 11.3 Å². The normalized spacial score (nSPS) is 19.4. The number of hydrogen-bond donors (Lipinski definition) is 2. The number of benzene rings is 1. The topological polar surface area (TPSA) is 59.1 Å². The summed E-state index contributed by atoms with van der Waals surface area (Å²) in [6, 6.07) is 8.57. The third-order valence-corrected chi connectivity index (χ3v) is 6.20. The fourth-order valence-electron chi connectivity index (χ4n) is 3.83. The Morgan fingerprint density at radius 1 is 1.24 bits per heavy atom. The van der Waals surface area contributed by atoms with Crippen molar-refractivity contribution in [3.63, 3.8) is 0 Å². The van der Waals surface area contributed by atoms with Gasteiger partial charge in [-0.1, -0.05) is 24.3 Å². The average Bonchev–Trinajstić information content (AvgIpc) is 3.05. The summed E-state index contributed by atoms with van der Waals surface area (Å²) in [5.41, 5.74) is 4.10. The molecule has 4 heterocycles. The van der Waals surface area contributed by atoms with Crippen LogP contribution in [0.25, 0.3) is 10.2 Å². The second-order valence-electron chi connectivity index (χ2n) is 6.52. The number of nitrogens with zero attached hydrogens (tertiary/aromatic N) is 2. The highest BCUT2D eigenvalue weighted by atomic mass is 32.1. The van der Waals surface area contributed by atoms with E-state index in [9.17, 15) is 0 Å². The van der Waals surface area contributed by atoms with Gasteiger partial charge >= 0.3 is 0 Å². The minimum absolute atomic E-state index is 0.0751. The summed E-state index contributed by atoms with van der Waals surface area (Å²) in [7, 11) is 0. The van der Waals surface area contributed by atoms with Crippen LogP contribution in [0, 0.1) is 0 Å². The maximum atomic E-state index is 6.02. The van der Waals surface area contributed by atoms with E-state index in [4.69, 9.17) is 4.74 Å². The zero-order valence-electron chi connectivity index (χ0n) is 13.9. The molecule has 1 atom stereocenters. The van der Waals surface area contributed by atoms with Crippen molar-refractivity contribution in [2.45, 2.75) is 25.5 Å². The van der Waals surface area contributed by atoms with Crippen molar-refractivity contribution >= 4 is 27.4 Å². The van der Waals surface area contributed by atoms with E-state index in [-0.39, 0.29) is 6.10 Å². The van der Waals surface area contributed by atoms with Crippen LogP contribution in [-0.4, -0.2) is 29.7 Å². The van der Waals surface area contributed by atoms with E-state index in [1.165, 1.54) is 27.0 Å². The number of fused-ring (bicyclic) bond motifs is 4. The van der Waals surface area contributed by atoms with Gasteiger partial charge in [-0.2, -0.15) is 0 Å². The van der Waals surface area contributed by atoms with Crippen LogP contribution in [0.5, 0.6) is 0 Å². The first-order valence-corrected chi connectivity index (χ1v) is 9.61. The Kier molecular flexibility index (Phi) is 3.88. The van der Waals surface area contributed by atoms with Crippen LogP contribution in [0.3, 0.4) is 0 Å². The number of hydrogen-bond acceptors (Lipinski definition) is 6. The Balaban J connectivity index is 1.45. The maximum absolute atomic E-state index is 6.02. The molecule has 1 unspecified atom stereocenters. The third-order valence-electron chi connectivity index (χ3n) is 5.06. The Morgan fingerprint density at radius 2 is 2.20 bits per heavy atom. The summed E-state index contributed by atoms with van der Waals surface area (Å²) in [6.07, 6.45) is 3.77. The summed E-state index contributed by atoms with van der Waals surface area (Å²) < 4.78 is 6.02. The van der Waals surface area contributed by atoms with E-state index in [0.717, 1.165) is 49.7 Å². The third kappa shape index (κ3) is 2.70. The molecule has 2 aliphatic heterocycles. The van der Waals surface area contributed by atoms with Crippen LogP contribution < -0.4 is 10.6 Å². The molecule has 2 aromatic heterocycles. The largest absolute Gasteiger partial charge is 0.371 e. The number of rotatable bonds is 3. The lowest BCUT2D eigenvalue weighted by atomic mass is 9.97. The van der Waals surface area contributed by atoms with Crippen LogP contribution in [-0.2, 0) is 24.1 Å². The van der Waals surface area contributed by atoms with E-state index >= 15 is 0 Å². The Morgan fingerprint density at radius 3 is 3.20 bits per heavy atom. The highest BCUT2D eigenvalue weighted by Crippen LogP contribution is 2.36. The standard InChI is InChI=1S/C19H20N4OS/c1-2-4-13-12(3-1)6-8-24-15(13)9-21-18-17-14-5-7-20-10-16(14)25-19(17)23-11-22-18/h1-4,11,15,20H,5-10H2,(H,21,22,23). The summed E-state index contributed by atoms with van der Waals surface area (Å²) in [6.45, 7) is 3.47. The van der Waals surface area contributed by atoms with Crippen molar-refractivity contribution in [3.05, 3.63) is 52.2 Å². The predicted octanol–water partition coefficient (Wildman–Crippen LogP) is 3.06. The monoisotopic (exact) mass is 352 g/mol. The molecule has 0 aliphatic carbocycles. The zero-order valence-corrected chi connectivity index (χ0v) is 14.7. The molecule has 0 saturated carbocycles. The summed E-state index contributed by atoms with van der Waals surface area (Å²) >= 11 is 1.78. The summed E-state index contributed by atoms with van der Waals surface area (Å²) in [5.74, 6) is 0.941. The average molecular weight is 352 g/mol. The molecule has 128 valence electrons. The minimum atomic E-state index is 0.0751. The molecule has 0 saturated heterocycles. The van der Waals surface area contributed by atoms with Crippen molar-refractivity contribution in [3.8, 4) is 0 Å². The summed E-state index contributed by atoms with van der Waals surface area (Å²) in [4.78, 5) is 11.5. The lowest BCUT2D eigenvalue weighted by Crippen LogP contribution is -2.23. The molecule has 0 amide bonds. The first-order valence-electron chi connectivity index (χ1n) is 8.79. The highest BCUT2D eigenvalue weighted by molar-refractivity contribution is 7.18. The molecular weight excluding hydrogens is 332 g/mol. The first-order chi connectivity index (χ1) is 12.4. The minimum Gasteiger partial charge on any atom is -0.371 e. The molecule has 25 heavy (non-hydrogen) atoms. The van der Waals surface area contributed by atoms with Gasteiger partial charge in [0.1, 0.15) is 17.0 Å². The van der Waals surface area contributed by atoms with Gasteiger partial charge in [-0.05, 0) is 36.1 Å². The van der Waals surface area contributed by atoms with Gasteiger partial charge in [-0.3, -0.25) is 0 Å². The molecule has 3 aromatic rings. The fraction of sp³-hybridized carbons (Fsp3) is 0.368. The molecule has 5 rings (SSSR count). The number of thiophene rings is 1. The van der Waals surface area contributed by atoms with Gasteiger partial charge in [0.15, 0.2) is 0 Å². The lowest BCUT2D eigenvalue weighted by Gasteiger charge is -2.26. The van der Waals surface area contributed by atoms with E-state index < -0.39 is 0 Å². The molecule has 0 spiro atoms. The van der Waals surface area contributed by atoms with E-state index in [1.807, 2.05) is 0 Å². The smallest absolute Gasteiger partial charge is 0.138 e. The number of nitrogens with one attached hydrogen (secondary N) is 2. The van der Waals surface area contributed by atoms with Crippen molar-refractivity contribution in [1.82, 2.24) is 15.3 Å². The fourth-order valence-corrected chi connectivity index (χ4v) is 4.98. The van der Waals surface area contributed by atoms with E-state index in [0.29, 0.717) is 0 Å². The zero-order chi connectivity index (χ0) is 16.6. The highest BCUT2D eigenvalue weighted by Gasteiger charge is 2.23. The van der Waals surface area contributed by atoms with Gasteiger partial charge in [-0.15, -0.1) is 11.3 Å². The molecule has 0 radical (unpaired) electrons. The molecule has 2 aliphatic rings. The molecule has 0 bridgehead atoms. The SMILES string of the molecule is c1ccc2c(c1)CCOC2CNc1ncnc2sc3c(c12)CCNC3.